The van der Waals surface area contributed by atoms with Crippen molar-refractivity contribution in [2.75, 3.05) is 5.32 Å². The molecule has 0 fully saturated rings. The average molecular weight is 380 g/mol. The van der Waals surface area contributed by atoms with Gasteiger partial charge in [0.25, 0.3) is 11.6 Å². The fourth-order valence-electron chi connectivity index (χ4n) is 2.26. The molecule has 140 valence electrons. The number of hydrogen-bond acceptors (Lipinski definition) is 7. The molecule has 0 radical (unpaired) electrons. The highest BCUT2D eigenvalue weighted by atomic mass is 16.6. The first-order valence-electron chi connectivity index (χ1n) is 7.87. The number of non-ortho nitro benzene ring substituents is 1. The molecule has 1 amide bonds. The molecule has 0 aliphatic heterocycles. The number of carbonyl (C=O) groups is 1. The van der Waals surface area contributed by atoms with Crippen molar-refractivity contribution < 1.29 is 19.1 Å². The van der Waals surface area contributed by atoms with E-state index in [1.165, 1.54) is 42.6 Å². The maximum atomic E-state index is 12.4. The third kappa shape index (κ3) is 4.25. The summed E-state index contributed by atoms with van der Waals surface area (Å²) in [6.07, 6.45) is 1.30. The van der Waals surface area contributed by atoms with Crippen LogP contribution in [-0.4, -0.2) is 22.0 Å². The molecule has 0 spiro atoms. The molecule has 28 heavy (non-hydrogen) atoms. The van der Waals surface area contributed by atoms with Crippen molar-refractivity contribution >= 4 is 35.1 Å². The van der Waals surface area contributed by atoms with Gasteiger partial charge in [-0.3, -0.25) is 30.0 Å². The Morgan fingerprint density at radius 3 is 2.32 bits per heavy atom. The Kier molecular flexibility index (Phi) is 5.21. The zero-order valence-corrected chi connectivity index (χ0v) is 14.1. The number of aliphatic imine (C=N–C) groups is 1. The second-order valence-corrected chi connectivity index (χ2v) is 5.47. The molecule has 0 unspecified atom stereocenters. The number of para-hydroxylation sites is 2. The molecule has 1 aromatic heterocycles. The topological polar surface area (TPSA) is 141 Å². The Bertz CT molecular complexity index is 1070. The van der Waals surface area contributed by atoms with Crippen molar-refractivity contribution in [3.05, 3.63) is 92.2 Å². The Labute approximate surface area is 157 Å². The smallest absolute Gasteiger partial charge is 0.400 e. The van der Waals surface area contributed by atoms with Gasteiger partial charge in [0.15, 0.2) is 5.76 Å². The van der Waals surface area contributed by atoms with Crippen molar-refractivity contribution in [3.63, 3.8) is 0 Å². The summed E-state index contributed by atoms with van der Waals surface area (Å²) in [7, 11) is 0. The SMILES string of the molecule is O=C(Nc1ccccc1N=Cc1ccc([N+](=O)[O-])o1)c1ccc([N+](=O)[O-])cc1. The third-order valence-electron chi connectivity index (χ3n) is 3.62. The second-order valence-electron chi connectivity index (χ2n) is 5.47. The summed E-state index contributed by atoms with van der Waals surface area (Å²) in [5.74, 6) is -0.685. The summed E-state index contributed by atoms with van der Waals surface area (Å²) in [5, 5.41) is 24.0. The van der Waals surface area contributed by atoms with Crippen LogP contribution >= 0.6 is 0 Å². The summed E-state index contributed by atoms with van der Waals surface area (Å²) < 4.78 is 5.00. The minimum absolute atomic E-state index is 0.117. The normalized spacial score (nSPS) is 10.7. The predicted octanol–water partition coefficient (Wildman–Crippen LogP) is 4.10. The van der Waals surface area contributed by atoms with Gasteiger partial charge >= 0.3 is 5.88 Å². The van der Waals surface area contributed by atoms with Crippen LogP contribution in [0.1, 0.15) is 16.1 Å². The van der Waals surface area contributed by atoms with Crippen LogP contribution in [0.15, 0.2) is 70.1 Å². The molecule has 0 bridgehead atoms. The number of nitrogens with one attached hydrogen (secondary N) is 1. The molecule has 0 aliphatic carbocycles. The first-order valence-corrected chi connectivity index (χ1v) is 7.87. The van der Waals surface area contributed by atoms with Gasteiger partial charge in [-0.2, -0.15) is 0 Å². The summed E-state index contributed by atoms with van der Waals surface area (Å²) in [4.78, 5) is 36.7. The average Bonchev–Trinajstić information content (AvgIpc) is 3.17. The molecule has 1 N–H and O–H groups in total. The predicted molar refractivity (Wildman–Crippen MR) is 100 cm³/mol. The molecule has 0 aliphatic rings. The van der Waals surface area contributed by atoms with Crippen molar-refractivity contribution in [1.82, 2.24) is 0 Å². The van der Waals surface area contributed by atoms with Crippen molar-refractivity contribution in [1.29, 1.82) is 0 Å². The van der Waals surface area contributed by atoms with Gasteiger partial charge < -0.3 is 9.73 Å². The van der Waals surface area contributed by atoms with E-state index in [0.29, 0.717) is 11.4 Å². The number of nitro groups is 2. The zero-order valence-electron chi connectivity index (χ0n) is 14.1. The van der Waals surface area contributed by atoms with Gasteiger partial charge in [-0.05, 0) is 30.3 Å². The Morgan fingerprint density at radius 1 is 0.964 bits per heavy atom. The number of carbonyl (C=O) groups excluding carboxylic acids is 1. The lowest BCUT2D eigenvalue weighted by atomic mass is 10.2. The van der Waals surface area contributed by atoms with Gasteiger partial charge in [-0.1, -0.05) is 12.1 Å². The van der Waals surface area contributed by atoms with Crippen LogP contribution < -0.4 is 5.32 Å². The molecule has 0 atom stereocenters. The minimum Gasteiger partial charge on any atom is -0.400 e. The van der Waals surface area contributed by atoms with E-state index >= 15 is 0 Å². The number of anilines is 1. The van der Waals surface area contributed by atoms with Crippen molar-refractivity contribution in [3.8, 4) is 0 Å². The van der Waals surface area contributed by atoms with E-state index < -0.39 is 21.6 Å². The molecule has 2 aromatic carbocycles. The summed E-state index contributed by atoms with van der Waals surface area (Å²) in [6.45, 7) is 0. The maximum absolute atomic E-state index is 12.4. The van der Waals surface area contributed by atoms with Crippen LogP contribution in [0.3, 0.4) is 0 Å². The quantitative estimate of drug-likeness (QED) is 0.388. The van der Waals surface area contributed by atoms with E-state index in [1.54, 1.807) is 24.3 Å². The number of hydrogen-bond donors (Lipinski definition) is 1. The third-order valence-corrected chi connectivity index (χ3v) is 3.62. The molecular formula is C18H12N4O6. The van der Waals surface area contributed by atoms with E-state index in [9.17, 15) is 25.0 Å². The molecule has 1 heterocycles. The number of nitrogens with zero attached hydrogens (tertiary/aromatic N) is 3. The fourth-order valence-corrected chi connectivity index (χ4v) is 2.26. The number of nitro benzene ring substituents is 1. The molecule has 0 saturated carbocycles. The highest BCUT2D eigenvalue weighted by Crippen LogP contribution is 2.25. The second kappa shape index (κ2) is 7.91. The summed E-state index contributed by atoms with van der Waals surface area (Å²) in [6, 6.07) is 14.5. The van der Waals surface area contributed by atoms with Crippen molar-refractivity contribution in [2.45, 2.75) is 0 Å². The first kappa shape index (κ1) is 18.5. The van der Waals surface area contributed by atoms with Gasteiger partial charge in [-0.15, -0.1) is 0 Å². The standard InChI is InChI=1S/C18H12N4O6/c23-18(12-5-7-13(8-6-12)21(24)25)20-16-4-2-1-3-15(16)19-11-14-9-10-17(28-14)22(26)27/h1-11H,(H,20,23). The number of furan rings is 1. The van der Waals surface area contributed by atoms with Crippen LogP contribution in [0, 0.1) is 20.2 Å². The molecule has 10 heteroatoms. The summed E-state index contributed by atoms with van der Waals surface area (Å²) in [5.41, 5.74) is 0.917. The highest BCUT2D eigenvalue weighted by Gasteiger charge is 2.12. The van der Waals surface area contributed by atoms with Crippen LogP contribution in [0.25, 0.3) is 0 Å². The number of rotatable bonds is 6. The Hall–Kier alpha value is -4.34. The lowest BCUT2D eigenvalue weighted by molar-refractivity contribution is -0.402. The van der Waals surface area contributed by atoms with E-state index in [4.69, 9.17) is 4.42 Å². The lowest BCUT2D eigenvalue weighted by Gasteiger charge is -2.07. The Balaban J connectivity index is 1.77. The largest absolute Gasteiger partial charge is 0.433 e. The monoisotopic (exact) mass is 380 g/mol. The van der Waals surface area contributed by atoms with Crippen LogP contribution in [0.5, 0.6) is 0 Å². The van der Waals surface area contributed by atoms with Crippen LogP contribution in [0.2, 0.25) is 0 Å². The van der Waals surface area contributed by atoms with Crippen LogP contribution in [0.4, 0.5) is 22.9 Å². The molecule has 3 aromatic rings. The van der Waals surface area contributed by atoms with Crippen LogP contribution in [-0.2, 0) is 0 Å². The molecule has 0 saturated heterocycles. The van der Waals surface area contributed by atoms with Gasteiger partial charge in [0.1, 0.15) is 4.92 Å². The van der Waals surface area contributed by atoms with E-state index in [2.05, 4.69) is 10.3 Å². The minimum atomic E-state index is -0.657. The van der Waals surface area contributed by atoms with Gasteiger partial charge in [-0.25, -0.2) is 0 Å². The van der Waals surface area contributed by atoms with Gasteiger partial charge in [0, 0.05) is 17.7 Å². The van der Waals surface area contributed by atoms with E-state index in [1.807, 2.05) is 0 Å². The maximum Gasteiger partial charge on any atom is 0.433 e. The zero-order chi connectivity index (χ0) is 20.1. The number of amides is 1. The lowest BCUT2D eigenvalue weighted by Crippen LogP contribution is -2.11. The molecular weight excluding hydrogens is 368 g/mol. The number of benzene rings is 2. The van der Waals surface area contributed by atoms with E-state index in [-0.39, 0.29) is 17.0 Å². The highest BCUT2D eigenvalue weighted by molar-refractivity contribution is 6.06. The van der Waals surface area contributed by atoms with Gasteiger partial charge in [0.05, 0.1) is 28.6 Å². The van der Waals surface area contributed by atoms with Gasteiger partial charge in [0.2, 0.25) is 0 Å². The summed E-state index contributed by atoms with van der Waals surface area (Å²) >= 11 is 0. The fraction of sp³-hybridized carbons (Fsp3) is 0. The molecule has 3 rings (SSSR count). The van der Waals surface area contributed by atoms with Crippen molar-refractivity contribution in [2.24, 2.45) is 4.99 Å². The first-order chi connectivity index (χ1) is 13.4. The Morgan fingerprint density at radius 2 is 1.68 bits per heavy atom. The molecule has 10 nitrogen and oxygen atoms in total. The van der Waals surface area contributed by atoms with E-state index in [0.717, 1.165) is 0 Å².